The van der Waals surface area contributed by atoms with Gasteiger partial charge in [0.05, 0.1) is 18.1 Å². The van der Waals surface area contributed by atoms with Gasteiger partial charge in [0.15, 0.2) is 0 Å². The maximum absolute atomic E-state index is 2.38. The highest BCUT2D eigenvalue weighted by atomic mass is 15.2. The lowest BCUT2D eigenvalue weighted by atomic mass is 10.1. The predicted octanol–water partition coefficient (Wildman–Crippen LogP) is 2.27. The lowest BCUT2D eigenvalue weighted by molar-refractivity contribution is -0.968. The summed E-state index contributed by atoms with van der Waals surface area (Å²) in [6.45, 7) is 14.1. The van der Waals surface area contributed by atoms with Crippen molar-refractivity contribution in [3.8, 4) is 0 Å². The second kappa shape index (κ2) is 6.42. The average molecular weight is 186 g/mol. The van der Waals surface area contributed by atoms with Crippen LogP contribution in [0.1, 0.15) is 60.8 Å². The van der Waals surface area contributed by atoms with Gasteiger partial charge in [0, 0.05) is 0 Å². The fourth-order valence-electron chi connectivity index (χ4n) is 2.16. The fourth-order valence-corrected chi connectivity index (χ4v) is 2.16. The van der Waals surface area contributed by atoms with E-state index in [9.17, 15) is 0 Å². The molecule has 0 rings (SSSR count). The molecule has 0 aliphatic heterocycles. The molecule has 0 amide bonds. The first-order valence-electron chi connectivity index (χ1n) is 5.94. The summed E-state index contributed by atoms with van der Waals surface area (Å²) in [5.41, 5.74) is 0. The minimum atomic E-state index is 0.810. The van der Waals surface area contributed by atoms with Crippen LogP contribution in [0.3, 0.4) is 0 Å². The maximum atomic E-state index is 2.38. The smallest absolute Gasteiger partial charge is 0.0847 e. The van der Waals surface area contributed by atoms with E-state index in [1.54, 1.807) is 4.90 Å². The second-order valence-corrected chi connectivity index (χ2v) is 4.43. The molecule has 3 unspecified atom stereocenters. The monoisotopic (exact) mass is 186 g/mol. The molecule has 0 spiro atoms. The first-order valence-corrected chi connectivity index (χ1v) is 5.94. The predicted molar refractivity (Wildman–Crippen MR) is 60.2 cm³/mol. The van der Waals surface area contributed by atoms with Gasteiger partial charge in [0.25, 0.3) is 0 Å². The fraction of sp³-hybridized carbons (Fsp3) is 1.00. The zero-order valence-corrected chi connectivity index (χ0v) is 10.4. The summed E-state index contributed by atoms with van der Waals surface area (Å²) in [5, 5.41) is 0. The largest absolute Gasteiger partial charge is 0.328 e. The van der Waals surface area contributed by atoms with E-state index in [1.165, 1.54) is 19.3 Å². The van der Waals surface area contributed by atoms with E-state index in [1.807, 2.05) is 0 Å². The zero-order valence-electron chi connectivity index (χ0n) is 10.4. The summed E-state index contributed by atoms with van der Waals surface area (Å²) < 4.78 is 0. The van der Waals surface area contributed by atoms with E-state index >= 15 is 0 Å². The van der Waals surface area contributed by atoms with Crippen LogP contribution in [0.15, 0.2) is 0 Å². The van der Waals surface area contributed by atoms with Crippen LogP contribution in [0.4, 0.5) is 0 Å². The van der Waals surface area contributed by atoms with Gasteiger partial charge in [-0.2, -0.15) is 0 Å². The van der Waals surface area contributed by atoms with Crippen molar-refractivity contribution in [3.05, 3.63) is 0 Å². The van der Waals surface area contributed by atoms with Crippen LogP contribution in [0.25, 0.3) is 0 Å². The van der Waals surface area contributed by atoms with Crippen molar-refractivity contribution >= 4 is 0 Å². The summed E-state index contributed by atoms with van der Waals surface area (Å²) in [6, 6.07) is 2.43. The van der Waals surface area contributed by atoms with Gasteiger partial charge < -0.3 is 4.90 Å². The third kappa shape index (κ3) is 3.68. The molecule has 0 heterocycles. The first kappa shape index (κ1) is 13.0. The van der Waals surface area contributed by atoms with E-state index in [-0.39, 0.29) is 0 Å². The van der Waals surface area contributed by atoms with Crippen molar-refractivity contribution in [3.63, 3.8) is 0 Å². The number of rotatable bonds is 6. The topological polar surface area (TPSA) is 4.44 Å². The second-order valence-electron chi connectivity index (χ2n) is 4.43. The molecule has 0 aromatic rings. The molecular formula is C12H28N+. The molecule has 0 fully saturated rings. The molecule has 1 heteroatoms. The lowest BCUT2D eigenvalue weighted by Gasteiger charge is -2.35. The molecule has 1 nitrogen and oxygen atoms in total. The van der Waals surface area contributed by atoms with E-state index in [2.05, 4.69) is 41.5 Å². The Morgan fingerprint density at radius 2 is 0.923 bits per heavy atom. The summed E-state index contributed by atoms with van der Waals surface area (Å²) in [7, 11) is 0. The van der Waals surface area contributed by atoms with Gasteiger partial charge in [-0.25, -0.2) is 0 Å². The van der Waals surface area contributed by atoms with Gasteiger partial charge in [-0.15, -0.1) is 0 Å². The van der Waals surface area contributed by atoms with Crippen LogP contribution in [0.2, 0.25) is 0 Å². The lowest BCUT2D eigenvalue weighted by Crippen LogP contribution is -3.21. The Labute approximate surface area is 84.5 Å². The van der Waals surface area contributed by atoms with Crippen molar-refractivity contribution in [2.75, 3.05) is 0 Å². The quantitative estimate of drug-likeness (QED) is 0.649. The number of nitrogens with one attached hydrogen (secondary N) is 1. The summed E-state index contributed by atoms with van der Waals surface area (Å²) in [4.78, 5) is 1.80. The van der Waals surface area contributed by atoms with Gasteiger partial charge in [0.1, 0.15) is 0 Å². The minimum absolute atomic E-state index is 0.810. The average Bonchev–Trinajstić information content (AvgIpc) is 2.16. The number of quaternary nitrogens is 1. The van der Waals surface area contributed by atoms with Crippen molar-refractivity contribution in [2.45, 2.75) is 78.9 Å². The van der Waals surface area contributed by atoms with Crippen molar-refractivity contribution in [1.29, 1.82) is 0 Å². The maximum Gasteiger partial charge on any atom is 0.0847 e. The van der Waals surface area contributed by atoms with Crippen LogP contribution < -0.4 is 4.90 Å². The van der Waals surface area contributed by atoms with Crippen LogP contribution in [-0.2, 0) is 0 Å². The molecule has 0 aromatic heterocycles. The van der Waals surface area contributed by atoms with Crippen LogP contribution >= 0.6 is 0 Å². The highest BCUT2D eigenvalue weighted by molar-refractivity contribution is 4.54. The number of hydrogen-bond acceptors (Lipinski definition) is 0. The van der Waals surface area contributed by atoms with E-state index in [0.717, 1.165) is 18.1 Å². The first-order chi connectivity index (χ1) is 6.08. The van der Waals surface area contributed by atoms with Gasteiger partial charge in [-0.05, 0) is 40.0 Å². The molecule has 1 N–H and O–H groups in total. The van der Waals surface area contributed by atoms with Crippen LogP contribution in [0, 0.1) is 0 Å². The third-order valence-corrected chi connectivity index (χ3v) is 3.54. The highest BCUT2D eigenvalue weighted by Crippen LogP contribution is 1.94. The Morgan fingerprint density at radius 1 is 0.692 bits per heavy atom. The Balaban J connectivity index is 4.34. The molecule has 0 aliphatic rings. The van der Waals surface area contributed by atoms with Gasteiger partial charge in [-0.1, -0.05) is 20.8 Å². The van der Waals surface area contributed by atoms with Gasteiger partial charge in [-0.3, -0.25) is 0 Å². The zero-order chi connectivity index (χ0) is 10.4. The van der Waals surface area contributed by atoms with Crippen molar-refractivity contribution in [2.24, 2.45) is 0 Å². The van der Waals surface area contributed by atoms with Crippen molar-refractivity contribution in [1.82, 2.24) is 0 Å². The van der Waals surface area contributed by atoms with Gasteiger partial charge in [0.2, 0.25) is 0 Å². The highest BCUT2D eigenvalue weighted by Gasteiger charge is 2.25. The summed E-state index contributed by atoms with van der Waals surface area (Å²) in [6.07, 6.45) is 3.89. The Bertz CT molecular complexity index is 98.5. The van der Waals surface area contributed by atoms with E-state index in [4.69, 9.17) is 0 Å². The van der Waals surface area contributed by atoms with Crippen molar-refractivity contribution < 1.29 is 4.90 Å². The summed E-state index contributed by atoms with van der Waals surface area (Å²) >= 11 is 0. The van der Waals surface area contributed by atoms with Gasteiger partial charge >= 0.3 is 0 Å². The Hall–Kier alpha value is -0.0400. The van der Waals surface area contributed by atoms with E-state index < -0.39 is 0 Å². The van der Waals surface area contributed by atoms with Crippen LogP contribution in [0.5, 0.6) is 0 Å². The molecule has 0 aromatic carbocycles. The molecule has 0 saturated heterocycles. The molecule has 0 saturated carbocycles. The molecule has 13 heavy (non-hydrogen) atoms. The summed E-state index contributed by atoms with van der Waals surface area (Å²) in [5.74, 6) is 0. The minimum Gasteiger partial charge on any atom is -0.328 e. The molecule has 80 valence electrons. The molecule has 0 aliphatic carbocycles. The standard InChI is InChI=1S/C12H27N/c1-7-10(4)13(11(5)8-2)12(6)9-3/h10-12H,7-9H2,1-6H3/p+1. The Morgan fingerprint density at radius 3 is 1.08 bits per heavy atom. The molecule has 0 radical (unpaired) electrons. The Kier molecular flexibility index (Phi) is 6.40. The van der Waals surface area contributed by atoms with E-state index in [0.29, 0.717) is 0 Å². The molecule has 3 atom stereocenters. The third-order valence-electron chi connectivity index (χ3n) is 3.54. The number of hydrogen-bond donors (Lipinski definition) is 1. The SMILES string of the molecule is CCC(C)[NH+](C(C)CC)C(C)CC. The molecule has 0 bridgehead atoms. The normalized spacial score (nSPS) is 20.8. The molecular weight excluding hydrogens is 158 g/mol. The van der Waals surface area contributed by atoms with Crippen LogP contribution in [-0.4, -0.2) is 18.1 Å².